The van der Waals surface area contributed by atoms with E-state index in [1.54, 1.807) is 6.66 Å². The molecule has 0 aromatic heterocycles. The van der Waals surface area contributed by atoms with Crippen LogP contribution < -0.4 is 9.83 Å². The molecule has 0 amide bonds. The molecule has 1 aliphatic heterocycles. The summed E-state index contributed by atoms with van der Waals surface area (Å²) in [7, 11) is -2.80. The van der Waals surface area contributed by atoms with E-state index in [1.807, 2.05) is 36.4 Å². The summed E-state index contributed by atoms with van der Waals surface area (Å²) in [5.74, 6) is 0.655. The Kier molecular flexibility index (Phi) is 2.92. The summed E-state index contributed by atoms with van der Waals surface area (Å²) < 4.78 is 20.1. The van der Waals surface area contributed by atoms with Crippen molar-refractivity contribution in [3.05, 3.63) is 45.3 Å². The van der Waals surface area contributed by atoms with Gasteiger partial charge in [-0.1, -0.05) is 34.1 Å². The molecule has 2 nitrogen and oxygen atoms in total. The number of rotatable bonds is 0. The molecule has 5 heteroatoms. The summed E-state index contributed by atoms with van der Waals surface area (Å²) in [5.41, 5.74) is 1.94. The maximum atomic E-state index is 12.6. The fraction of sp³-hybridized carbons (Fsp3) is 0.0769. The molecule has 0 N–H and O–H groups in total. The van der Waals surface area contributed by atoms with Gasteiger partial charge in [-0.15, -0.1) is 0 Å². The molecule has 2 aromatic rings. The van der Waals surface area contributed by atoms with Gasteiger partial charge in [0.25, 0.3) is 7.37 Å². The second-order valence-corrected chi connectivity index (χ2v) is 8.34. The quantitative estimate of drug-likeness (QED) is 0.606. The first-order valence-electron chi connectivity index (χ1n) is 5.35. The number of hydrogen-bond donors (Lipinski definition) is 0. The van der Waals surface area contributed by atoms with Crippen molar-refractivity contribution in [2.75, 3.05) is 6.66 Å². The van der Waals surface area contributed by atoms with E-state index in [0.717, 1.165) is 25.4 Å². The lowest BCUT2D eigenvalue weighted by Gasteiger charge is -2.27. The van der Waals surface area contributed by atoms with Gasteiger partial charge >= 0.3 is 0 Å². The van der Waals surface area contributed by atoms with Gasteiger partial charge in [0, 0.05) is 16.7 Å². The van der Waals surface area contributed by atoms with E-state index < -0.39 is 7.37 Å². The van der Waals surface area contributed by atoms with Crippen molar-refractivity contribution < 1.29 is 9.09 Å². The number of halogens is 2. The van der Waals surface area contributed by atoms with Gasteiger partial charge in [0.05, 0.1) is 9.78 Å². The molecule has 0 saturated heterocycles. The van der Waals surface area contributed by atoms with Gasteiger partial charge in [-0.3, -0.25) is 4.57 Å². The maximum Gasteiger partial charge on any atom is 0.274 e. The predicted molar refractivity (Wildman–Crippen MR) is 81.1 cm³/mol. The molecule has 92 valence electrons. The highest BCUT2D eigenvalue weighted by Crippen LogP contribution is 2.54. The monoisotopic (exact) mass is 386 g/mol. The Morgan fingerprint density at radius 3 is 2.61 bits per heavy atom. The minimum absolute atomic E-state index is 0.655. The van der Waals surface area contributed by atoms with E-state index in [-0.39, 0.29) is 0 Å². The molecular formula is C13H9Br2O2P. The van der Waals surface area contributed by atoms with E-state index in [9.17, 15) is 4.57 Å². The summed E-state index contributed by atoms with van der Waals surface area (Å²) in [6.45, 7) is 1.66. The Morgan fingerprint density at radius 2 is 1.83 bits per heavy atom. The highest BCUT2D eigenvalue weighted by molar-refractivity contribution is 9.11. The summed E-state index contributed by atoms with van der Waals surface area (Å²) in [5, 5.41) is 0.780. The molecule has 0 bridgehead atoms. The van der Waals surface area contributed by atoms with Gasteiger partial charge in [0.1, 0.15) is 5.75 Å². The number of hydrogen-bond acceptors (Lipinski definition) is 2. The van der Waals surface area contributed by atoms with Crippen LogP contribution in [0, 0.1) is 0 Å². The Morgan fingerprint density at radius 1 is 1.11 bits per heavy atom. The highest BCUT2D eigenvalue weighted by Gasteiger charge is 2.32. The lowest BCUT2D eigenvalue weighted by Crippen LogP contribution is -2.16. The molecule has 3 rings (SSSR count). The van der Waals surface area contributed by atoms with Gasteiger partial charge in [-0.05, 0) is 39.7 Å². The molecule has 0 aliphatic carbocycles. The predicted octanol–water partition coefficient (Wildman–Crippen LogP) is 4.80. The maximum absolute atomic E-state index is 12.6. The van der Waals surface area contributed by atoms with E-state index in [1.165, 1.54) is 0 Å². The minimum atomic E-state index is -2.80. The lowest BCUT2D eigenvalue weighted by atomic mass is 10.0. The molecule has 1 unspecified atom stereocenters. The zero-order valence-electron chi connectivity index (χ0n) is 9.48. The van der Waals surface area contributed by atoms with Gasteiger partial charge < -0.3 is 4.52 Å². The van der Waals surface area contributed by atoms with Gasteiger partial charge in [0.2, 0.25) is 0 Å². The standard InChI is InChI=1S/C13H9Br2O2P/c1-18(16)12-5-3-2-4-9(12)10-6-8(14)7-11(15)13(10)17-18/h2-7H,1H3. The van der Waals surface area contributed by atoms with Crippen LogP contribution in [0.15, 0.2) is 45.3 Å². The third-order valence-electron chi connectivity index (χ3n) is 2.91. The van der Waals surface area contributed by atoms with E-state index >= 15 is 0 Å². The third-order valence-corrected chi connectivity index (χ3v) is 5.75. The molecule has 2 aromatic carbocycles. The Bertz CT molecular complexity index is 697. The van der Waals surface area contributed by atoms with Crippen LogP contribution in [0.2, 0.25) is 0 Å². The van der Waals surface area contributed by atoms with Crippen molar-refractivity contribution in [2.24, 2.45) is 0 Å². The van der Waals surface area contributed by atoms with Gasteiger partial charge in [-0.25, -0.2) is 0 Å². The molecular weight excluding hydrogens is 379 g/mol. The number of benzene rings is 2. The van der Waals surface area contributed by atoms with Crippen molar-refractivity contribution >= 4 is 44.5 Å². The molecule has 1 aliphatic rings. The van der Waals surface area contributed by atoms with Crippen LogP contribution in [0.5, 0.6) is 5.75 Å². The Hall–Kier alpha value is -0.570. The lowest BCUT2D eigenvalue weighted by molar-refractivity contribution is 0.496. The normalized spacial score (nSPS) is 20.8. The van der Waals surface area contributed by atoms with E-state index in [0.29, 0.717) is 5.75 Å². The van der Waals surface area contributed by atoms with Crippen molar-refractivity contribution in [2.45, 2.75) is 0 Å². The molecule has 0 spiro atoms. The zero-order chi connectivity index (χ0) is 12.9. The minimum Gasteiger partial charge on any atom is -0.438 e. The van der Waals surface area contributed by atoms with Crippen molar-refractivity contribution in [1.29, 1.82) is 0 Å². The van der Waals surface area contributed by atoms with Crippen LogP contribution in [0.1, 0.15) is 0 Å². The first-order valence-corrected chi connectivity index (χ1v) is 9.01. The third kappa shape index (κ3) is 1.87. The Balaban J connectivity index is 2.40. The summed E-state index contributed by atoms with van der Waals surface area (Å²) >= 11 is 6.93. The van der Waals surface area contributed by atoms with Crippen LogP contribution in [-0.2, 0) is 4.57 Å². The van der Waals surface area contributed by atoms with Gasteiger partial charge in [-0.2, -0.15) is 0 Å². The molecule has 1 atom stereocenters. The van der Waals surface area contributed by atoms with Crippen molar-refractivity contribution in [3.63, 3.8) is 0 Å². The molecule has 0 radical (unpaired) electrons. The SMILES string of the molecule is CP1(=O)Oc2c(Br)cc(Br)cc2-c2ccccc21. The van der Waals surface area contributed by atoms with Crippen LogP contribution >= 0.6 is 39.2 Å². The van der Waals surface area contributed by atoms with Crippen LogP contribution in [-0.4, -0.2) is 6.66 Å². The molecule has 18 heavy (non-hydrogen) atoms. The molecule has 0 saturated carbocycles. The average Bonchev–Trinajstić information content (AvgIpc) is 2.31. The largest absolute Gasteiger partial charge is 0.438 e. The van der Waals surface area contributed by atoms with Gasteiger partial charge in [0.15, 0.2) is 0 Å². The van der Waals surface area contributed by atoms with E-state index in [4.69, 9.17) is 4.52 Å². The molecule has 1 heterocycles. The van der Waals surface area contributed by atoms with Crippen molar-refractivity contribution in [3.8, 4) is 16.9 Å². The highest BCUT2D eigenvalue weighted by atomic mass is 79.9. The second kappa shape index (κ2) is 4.22. The number of fused-ring (bicyclic) bond motifs is 3. The van der Waals surface area contributed by atoms with E-state index in [2.05, 4.69) is 31.9 Å². The topological polar surface area (TPSA) is 26.3 Å². The summed E-state index contributed by atoms with van der Waals surface area (Å²) in [6.07, 6.45) is 0. The van der Waals surface area contributed by atoms with Crippen molar-refractivity contribution in [1.82, 2.24) is 0 Å². The first-order chi connectivity index (χ1) is 8.49. The second-order valence-electron chi connectivity index (χ2n) is 4.22. The smallest absolute Gasteiger partial charge is 0.274 e. The van der Waals surface area contributed by atoms with Crippen LogP contribution in [0.4, 0.5) is 0 Å². The van der Waals surface area contributed by atoms with Crippen LogP contribution in [0.3, 0.4) is 0 Å². The molecule has 0 fully saturated rings. The fourth-order valence-corrected chi connectivity index (χ4v) is 5.20. The van der Waals surface area contributed by atoms with Crippen LogP contribution in [0.25, 0.3) is 11.1 Å². The average molecular weight is 388 g/mol. The zero-order valence-corrected chi connectivity index (χ0v) is 13.6. The Labute approximate surface area is 122 Å². The fourth-order valence-electron chi connectivity index (χ4n) is 2.13. The first kappa shape index (κ1) is 12.5. The summed E-state index contributed by atoms with van der Waals surface area (Å²) in [4.78, 5) is 0. The summed E-state index contributed by atoms with van der Waals surface area (Å²) in [6, 6.07) is 11.6.